The first-order valence-electron chi connectivity index (χ1n) is 6.47. The maximum Gasteiger partial charge on any atom is 0.363 e. The van der Waals surface area contributed by atoms with E-state index in [0.29, 0.717) is 11.6 Å². The highest BCUT2D eigenvalue weighted by molar-refractivity contribution is 14.1. The van der Waals surface area contributed by atoms with E-state index in [-0.39, 0.29) is 0 Å². The molecule has 3 nitrogen and oxygen atoms in total. The van der Waals surface area contributed by atoms with Crippen LogP contribution in [0.4, 0.5) is 0 Å². The number of halogens is 1. The number of cyclic esters (lactones) is 1. The van der Waals surface area contributed by atoms with Gasteiger partial charge in [0.15, 0.2) is 5.70 Å². The Morgan fingerprint density at radius 3 is 2.38 bits per heavy atom. The maximum absolute atomic E-state index is 11.9. The van der Waals surface area contributed by atoms with Crippen LogP contribution < -0.4 is 0 Å². The number of benzene rings is 2. The van der Waals surface area contributed by atoms with E-state index in [2.05, 4.69) is 27.6 Å². The molecule has 1 heterocycles. The molecule has 0 spiro atoms. The molecule has 0 saturated carbocycles. The van der Waals surface area contributed by atoms with E-state index in [0.717, 1.165) is 14.7 Å². The number of esters is 1. The van der Waals surface area contributed by atoms with Gasteiger partial charge in [0.25, 0.3) is 0 Å². The lowest BCUT2D eigenvalue weighted by atomic mass is 10.1. The van der Waals surface area contributed by atoms with Gasteiger partial charge in [0.1, 0.15) is 0 Å². The first kappa shape index (κ1) is 14.0. The lowest BCUT2D eigenvalue weighted by molar-refractivity contribution is -0.129. The van der Waals surface area contributed by atoms with Crippen LogP contribution in [0.25, 0.3) is 6.08 Å². The molecule has 2 aromatic rings. The second-order valence-corrected chi connectivity index (χ2v) is 6.00. The number of hydrogen-bond acceptors (Lipinski definition) is 3. The van der Waals surface area contributed by atoms with Crippen molar-refractivity contribution in [2.24, 2.45) is 4.99 Å². The summed E-state index contributed by atoms with van der Waals surface area (Å²) in [5.74, 6) is -0.0566. The number of nitrogens with zero attached hydrogens (tertiary/aromatic N) is 1. The highest BCUT2D eigenvalue weighted by atomic mass is 127. The molecule has 0 saturated heterocycles. The maximum atomic E-state index is 11.9. The normalized spacial score (nSPS) is 16.0. The van der Waals surface area contributed by atoms with Crippen molar-refractivity contribution < 1.29 is 9.53 Å². The Bertz CT molecular complexity index is 743. The minimum atomic E-state index is -0.413. The van der Waals surface area contributed by atoms with E-state index in [1.165, 1.54) is 5.56 Å². The fraction of sp³-hybridized carbons (Fsp3) is 0.0588. The molecule has 21 heavy (non-hydrogen) atoms. The van der Waals surface area contributed by atoms with Crippen LogP contribution in [0.5, 0.6) is 0 Å². The van der Waals surface area contributed by atoms with E-state index in [9.17, 15) is 4.79 Å². The summed E-state index contributed by atoms with van der Waals surface area (Å²) in [4.78, 5) is 16.2. The molecular weight excluding hydrogens is 377 g/mol. The molecule has 104 valence electrons. The summed E-state index contributed by atoms with van der Waals surface area (Å²) in [6, 6.07) is 15.6. The molecule has 0 aliphatic carbocycles. The second kappa shape index (κ2) is 5.81. The van der Waals surface area contributed by atoms with Gasteiger partial charge in [-0.1, -0.05) is 29.8 Å². The highest BCUT2D eigenvalue weighted by Gasteiger charge is 2.23. The zero-order valence-corrected chi connectivity index (χ0v) is 13.5. The van der Waals surface area contributed by atoms with Gasteiger partial charge in [-0.2, -0.15) is 0 Å². The third kappa shape index (κ3) is 3.21. The van der Waals surface area contributed by atoms with E-state index in [1.807, 2.05) is 55.5 Å². The van der Waals surface area contributed by atoms with Crippen LogP contribution in [0.3, 0.4) is 0 Å². The largest absolute Gasteiger partial charge is 0.402 e. The van der Waals surface area contributed by atoms with E-state index in [4.69, 9.17) is 4.74 Å². The monoisotopic (exact) mass is 389 g/mol. The van der Waals surface area contributed by atoms with Gasteiger partial charge in [0.2, 0.25) is 5.90 Å². The minimum Gasteiger partial charge on any atom is -0.402 e. The van der Waals surface area contributed by atoms with Crippen LogP contribution in [0.15, 0.2) is 59.2 Å². The first-order valence-corrected chi connectivity index (χ1v) is 7.55. The number of carbonyl (C=O) groups is 1. The summed E-state index contributed by atoms with van der Waals surface area (Å²) in [5, 5.41) is 0. The molecule has 1 aliphatic rings. The highest BCUT2D eigenvalue weighted by Crippen LogP contribution is 2.19. The molecule has 0 amide bonds. The zero-order chi connectivity index (χ0) is 14.8. The molecule has 4 heteroatoms. The SMILES string of the molecule is Cc1ccc(/C=C2\N=C(c3ccc(I)cc3)OC2=O)cc1. The number of ether oxygens (including phenoxy) is 1. The van der Waals surface area contributed by atoms with Crippen molar-refractivity contribution in [3.63, 3.8) is 0 Å². The quantitative estimate of drug-likeness (QED) is 0.443. The van der Waals surface area contributed by atoms with Crippen LogP contribution >= 0.6 is 22.6 Å². The Labute approximate surface area is 136 Å². The molecule has 0 unspecified atom stereocenters. The molecule has 0 bridgehead atoms. The summed E-state index contributed by atoms with van der Waals surface area (Å²) >= 11 is 2.23. The van der Waals surface area contributed by atoms with Crippen molar-refractivity contribution in [3.05, 3.63) is 74.5 Å². The van der Waals surface area contributed by atoms with Crippen LogP contribution in [0.1, 0.15) is 16.7 Å². The van der Waals surface area contributed by atoms with Gasteiger partial charge in [-0.25, -0.2) is 9.79 Å². The minimum absolute atomic E-state index is 0.326. The van der Waals surface area contributed by atoms with Gasteiger partial charge in [0, 0.05) is 9.13 Å². The summed E-state index contributed by atoms with van der Waals surface area (Å²) < 4.78 is 6.36. The Morgan fingerprint density at radius 1 is 1.05 bits per heavy atom. The van der Waals surface area contributed by atoms with E-state index < -0.39 is 5.97 Å². The fourth-order valence-corrected chi connectivity index (χ4v) is 2.31. The molecular formula is C17H12INO2. The second-order valence-electron chi connectivity index (χ2n) is 4.75. The Hall–Kier alpha value is -1.95. The zero-order valence-electron chi connectivity index (χ0n) is 11.3. The summed E-state index contributed by atoms with van der Waals surface area (Å²) in [6.45, 7) is 2.02. The van der Waals surface area contributed by atoms with Crippen LogP contribution in [0.2, 0.25) is 0 Å². The molecule has 0 fully saturated rings. The molecule has 1 aliphatic heterocycles. The van der Waals surface area contributed by atoms with Crippen molar-refractivity contribution >= 4 is 40.5 Å². The van der Waals surface area contributed by atoms with Gasteiger partial charge in [-0.3, -0.25) is 0 Å². The number of aliphatic imine (C=N–C) groups is 1. The Balaban J connectivity index is 1.91. The summed E-state index contributed by atoms with van der Waals surface area (Å²) in [6.07, 6.45) is 1.74. The topological polar surface area (TPSA) is 38.7 Å². The summed E-state index contributed by atoms with van der Waals surface area (Å²) in [7, 11) is 0. The molecule has 0 atom stereocenters. The van der Waals surface area contributed by atoms with Crippen molar-refractivity contribution in [2.75, 3.05) is 0 Å². The standard InChI is InChI=1S/C17H12INO2/c1-11-2-4-12(5-3-11)10-15-17(20)21-16(19-15)13-6-8-14(18)9-7-13/h2-10H,1H3/b15-10-. The van der Waals surface area contributed by atoms with Crippen molar-refractivity contribution in [2.45, 2.75) is 6.92 Å². The van der Waals surface area contributed by atoms with Gasteiger partial charge < -0.3 is 4.74 Å². The third-order valence-corrected chi connectivity index (χ3v) is 3.81. The predicted octanol–water partition coefficient (Wildman–Crippen LogP) is 3.94. The van der Waals surface area contributed by atoms with Crippen molar-refractivity contribution in [3.8, 4) is 0 Å². The molecule has 0 aromatic heterocycles. The smallest absolute Gasteiger partial charge is 0.363 e. The number of carbonyl (C=O) groups excluding carboxylic acids is 1. The Kier molecular flexibility index (Phi) is 3.88. The lowest BCUT2D eigenvalue weighted by Crippen LogP contribution is -2.05. The Morgan fingerprint density at radius 2 is 1.71 bits per heavy atom. The predicted molar refractivity (Wildman–Crippen MR) is 90.9 cm³/mol. The van der Waals surface area contributed by atoms with Gasteiger partial charge in [-0.05, 0) is 65.4 Å². The fourth-order valence-electron chi connectivity index (χ4n) is 1.95. The van der Waals surface area contributed by atoms with E-state index in [1.54, 1.807) is 6.08 Å². The summed E-state index contributed by atoms with van der Waals surface area (Å²) in [5.41, 5.74) is 3.23. The molecule has 3 rings (SSSR count). The average molecular weight is 389 g/mol. The van der Waals surface area contributed by atoms with Gasteiger partial charge in [0.05, 0.1) is 0 Å². The van der Waals surface area contributed by atoms with Gasteiger partial charge in [-0.15, -0.1) is 0 Å². The van der Waals surface area contributed by atoms with Crippen LogP contribution in [-0.4, -0.2) is 11.9 Å². The van der Waals surface area contributed by atoms with Crippen LogP contribution in [-0.2, 0) is 9.53 Å². The molecule has 0 N–H and O–H groups in total. The lowest BCUT2D eigenvalue weighted by Gasteiger charge is -1.98. The first-order chi connectivity index (χ1) is 10.1. The van der Waals surface area contributed by atoms with Crippen LogP contribution in [0, 0.1) is 10.5 Å². The van der Waals surface area contributed by atoms with Crippen molar-refractivity contribution in [1.29, 1.82) is 0 Å². The van der Waals surface area contributed by atoms with Gasteiger partial charge >= 0.3 is 5.97 Å². The number of rotatable bonds is 2. The van der Waals surface area contributed by atoms with Crippen molar-refractivity contribution in [1.82, 2.24) is 0 Å². The average Bonchev–Trinajstić information content (AvgIpc) is 2.83. The number of hydrogen-bond donors (Lipinski definition) is 0. The third-order valence-electron chi connectivity index (χ3n) is 3.09. The molecule has 0 radical (unpaired) electrons. The molecule has 2 aromatic carbocycles. The number of aryl methyl sites for hydroxylation is 1. The van der Waals surface area contributed by atoms with E-state index >= 15 is 0 Å².